The lowest BCUT2D eigenvalue weighted by Gasteiger charge is -2.14. The Hall–Kier alpha value is -2.56. The molecule has 1 atom stereocenters. The summed E-state index contributed by atoms with van der Waals surface area (Å²) in [5.74, 6) is 0.125. The van der Waals surface area contributed by atoms with Crippen LogP contribution in [0.15, 0.2) is 51.9 Å². The number of hydrogen-bond donors (Lipinski definition) is 1. The third-order valence-electron chi connectivity index (χ3n) is 3.03. The van der Waals surface area contributed by atoms with Crippen molar-refractivity contribution < 1.29 is 13.9 Å². The molecule has 0 aliphatic rings. The fourth-order valence-electron chi connectivity index (χ4n) is 1.92. The highest BCUT2D eigenvalue weighted by atomic mass is 16.5. The molecule has 5 nitrogen and oxygen atoms in total. The maximum absolute atomic E-state index is 11.9. The van der Waals surface area contributed by atoms with E-state index in [9.17, 15) is 9.59 Å². The van der Waals surface area contributed by atoms with E-state index in [1.165, 1.54) is 12.3 Å². The van der Waals surface area contributed by atoms with Crippen molar-refractivity contribution in [2.45, 2.75) is 19.9 Å². The fraction of sp³-hybridized carbons (Fsp3) is 0.250. The van der Waals surface area contributed by atoms with Crippen LogP contribution in [0.1, 0.15) is 24.3 Å². The number of benzene rings is 1. The van der Waals surface area contributed by atoms with Crippen LogP contribution in [-0.2, 0) is 4.79 Å². The van der Waals surface area contributed by atoms with Gasteiger partial charge in [-0.1, -0.05) is 30.3 Å². The first-order chi connectivity index (χ1) is 10.1. The van der Waals surface area contributed by atoms with Crippen molar-refractivity contribution in [2.75, 3.05) is 6.61 Å². The number of amides is 1. The van der Waals surface area contributed by atoms with E-state index >= 15 is 0 Å². The van der Waals surface area contributed by atoms with Crippen LogP contribution < -0.4 is 15.5 Å². The number of hydrogen-bond acceptors (Lipinski definition) is 4. The van der Waals surface area contributed by atoms with Gasteiger partial charge in [-0.2, -0.15) is 0 Å². The number of aryl methyl sites for hydroxylation is 1. The molecule has 1 aromatic carbocycles. The predicted octanol–water partition coefficient (Wildman–Crippen LogP) is 2.20. The average molecular weight is 287 g/mol. The van der Waals surface area contributed by atoms with Crippen molar-refractivity contribution in [1.29, 1.82) is 0 Å². The standard InChI is InChI=1S/C16H17NO4/c1-11(13-6-4-3-5-7-13)17-15(19)10-21-16-12(2)20-9-8-14(16)18/h3-9,11H,10H2,1-2H3,(H,17,19). The summed E-state index contributed by atoms with van der Waals surface area (Å²) in [6.45, 7) is 3.27. The molecule has 2 aromatic rings. The normalized spacial score (nSPS) is 11.7. The van der Waals surface area contributed by atoms with Gasteiger partial charge in [0.25, 0.3) is 5.91 Å². The lowest BCUT2D eigenvalue weighted by Crippen LogP contribution is -2.32. The summed E-state index contributed by atoms with van der Waals surface area (Å²) in [4.78, 5) is 23.4. The van der Waals surface area contributed by atoms with Crippen molar-refractivity contribution in [3.05, 3.63) is 64.2 Å². The second-order valence-electron chi connectivity index (χ2n) is 4.66. The van der Waals surface area contributed by atoms with E-state index in [0.717, 1.165) is 5.56 Å². The van der Waals surface area contributed by atoms with Crippen molar-refractivity contribution in [3.63, 3.8) is 0 Å². The number of rotatable bonds is 5. The van der Waals surface area contributed by atoms with Crippen molar-refractivity contribution >= 4 is 5.91 Å². The smallest absolute Gasteiger partial charge is 0.258 e. The second kappa shape index (κ2) is 6.74. The van der Waals surface area contributed by atoms with E-state index < -0.39 is 0 Å². The van der Waals surface area contributed by atoms with E-state index in [1.54, 1.807) is 6.92 Å². The summed E-state index contributed by atoms with van der Waals surface area (Å²) in [6.07, 6.45) is 1.29. The molecular formula is C16H17NO4. The van der Waals surface area contributed by atoms with Gasteiger partial charge >= 0.3 is 0 Å². The number of carbonyl (C=O) groups is 1. The molecule has 1 aromatic heterocycles. The molecule has 0 aliphatic heterocycles. The molecule has 0 bridgehead atoms. The number of ether oxygens (including phenoxy) is 1. The average Bonchev–Trinajstić information content (AvgIpc) is 2.47. The molecule has 1 amide bonds. The van der Waals surface area contributed by atoms with Gasteiger partial charge in [-0.3, -0.25) is 9.59 Å². The Morgan fingerprint density at radius 2 is 2.00 bits per heavy atom. The van der Waals surface area contributed by atoms with E-state index in [4.69, 9.17) is 9.15 Å². The maximum atomic E-state index is 11.9. The second-order valence-corrected chi connectivity index (χ2v) is 4.66. The van der Waals surface area contributed by atoms with Crippen molar-refractivity contribution in [1.82, 2.24) is 5.32 Å². The minimum atomic E-state index is -0.303. The van der Waals surface area contributed by atoms with Gasteiger partial charge in [0.2, 0.25) is 11.2 Å². The third kappa shape index (κ3) is 3.95. The quantitative estimate of drug-likeness (QED) is 0.915. The van der Waals surface area contributed by atoms with E-state index in [1.807, 2.05) is 37.3 Å². The highest BCUT2D eigenvalue weighted by Gasteiger charge is 2.12. The molecule has 0 aliphatic carbocycles. The SMILES string of the molecule is Cc1occc(=O)c1OCC(=O)NC(C)c1ccccc1. The van der Waals surface area contributed by atoms with Gasteiger partial charge in [0.05, 0.1) is 12.3 Å². The molecule has 0 saturated carbocycles. The molecular weight excluding hydrogens is 270 g/mol. The van der Waals surface area contributed by atoms with Crippen LogP contribution in [0.2, 0.25) is 0 Å². The van der Waals surface area contributed by atoms with Gasteiger partial charge in [-0.25, -0.2) is 0 Å². The Labute approximate surface area is 122 Å². The van der Waals surface area contributed by atoms with Crippen LogP contribution >= 0.6 is 0 Å². The number of nitrogens with one attached hydrogen (secondary N) is 1. The van der Waals surface area contributed by atoms with Crippen LogP contribution in [0.3, 0.4) is 0 Å². The highest BCUT2D eigenvalue weighted by molar-refractivity contribution is 5.78. The Balaban J connectivity index is 1.92. The Morgan fingerprint density at radius 1 is 1.29 bits per heavy atom. The Bertz CT molecular complexity index is 663. The van der Waals surface area contributed by atoms with Crippen LogP contribution in [0.4, 0.5) is 0 Å². The summed E-state index contributed by atoms with van der Waals surface area (Å²) in [5.41, 5.74) is 0.698. The van der Waals surface area contributed by atoms with E-state index in [0.29, 0.717) is 5.76 Å². The van der Waals surface area contributed by atoms with Gasteiger partial charge < -0.3 is 14.5 Å². The van der Waals surface area contributed by atoms with Crippen molar-refractivity contribution in [2.24, 2.45) is 0 Å². The zero-order chi connectivity index (χ0) is 15.2. The molecule has 110 valence electrons. The Morgan fingerprint density at radius 3 is 2.67 bits per heavy atom. The minimum absolute atomic E-state index is 0.0695. The molecule has 0 radical (unpaired) electrons. The van der Waals surface area contributed by atoms with Crippen LogP contribution in [0.5, 0.6) is 5.75 Å². The summed E-state index contributed by atoms with van der Waals surface area (Å²) in [6, 6.07) is 10.7. The van der Waals surface area contributed by atoms with Gasteiger partial charge in [0, 0.05) is 6.07 Å². The lowest BCUT2D eigenvalue weighted by atomic mass is 10.1. The van der Waals surface area contributed by atoms with Gasteiger partial charge in [0.1, 0.15) is 5.76 Å². The molecule has 0 saturated heterocycles. The topological polar surface area (TPSA) is 68.5 Å². The van der Waals surface area contributed by atoms with Gasteiger partial charge in [-0.05, 0) is 19.4 Å². The summed E-state index contributed by atoms with van der Waals surface area (Å²) in [7, 11) is 0. The molecule has 21 heavy (non-hydrogen) atoms. The van der Waals surface area contributed by atoms with Crippen LogP contribution in [-0.4, -0.2) is 12.5 Å². The monoisotopic (exact) mass is 287 g/mol. The number of carbonyl (C=O) groups excluding carboxylic acids is 1. The van der Waals surface area contributed by atoms with E-state index in [2.05, 4.69) is 5.32 Å². The maximum Gasteiger partial charge on any atom is 0.258 e. The van der Waals surface area contributed by atoms with Gasteiger partial charge in [-0.15, -0.1) is 0 Å². The zero-order valence-corrected chi connectivity index (χ0v) is 12.0. The first-order valence-corrected chi connectivity index (χ1v) is 6.63. The van der Waals surface area contributed by atoms with Crippen molar-refractivity contribution in [3.8, 4) is 5.75 Å². The minimum Gasteiger partial charge on any atom is -0.476 e. The van der Waals surface area contributed by atoms with Gasteiger partial charge in [0.15, 0.2) is 6.61 Å². The first-order valence-electron chi connectivity index (χ1n) is 6.63. The lowest BCUT2D eigenvalue weighted by molar-refractivity contribution is -0.123. The highest BCUT2D eigenvalue weighted by Crippen LogP contribution is 2.12. The zero-order valence-electron chi connectivity index (χ0n) is 12.0. The summed E-state index contributed by atoms with van der Waals surface area (Å²) in [5, 5.41) is 2.81. The summed E-state index contributed by atoms with van der Waals surface area (Å²) >= 11 is 0. The van der Waals surface area contributed by atoms with E-state index in [-0.39, 0.29) is 29.7 Å². The third-order valence-corrected chi connectivity index (χ3v) is 3.03. The molecule has 5 heteroatoms. The predicted molar refractivity (Wildman–Crippen MR) is 78.2 cm³/mol. The fourth-order valence-corrected chi connectivity index (χ4v) is 1.92. The molecule has 0 spiro atoms. The Kier molecular flexibility index (Phi) is 4.77. The van der Waals surface area contributed by atoms with Crippen LogP contribution in [0.25, 0.3) is 0 Å². The van der Waals surface area contributed by atoms with Crippen LogP contribution in [0, 0.1) is 6.92 Å². The summed E-state index contributed by atoms with van der Waals surface area (Å²) < 4.78 is 10.3. The first kappa shape index (κ1) is 14.8. The largest absolute Gasteiger partial charge is 0.476 e. The molecule has 1 unspecified atom stereocenters. The molecule has 2 rings (SSSR count). The molecule has 1 N–H and O–H groups in total. The molecule has 1 heterocycles. The molecule has 0 fully saturated rings.